The van der Waals surface area contributed by atoms with Gasteiger partial charge in [0.25, 0.3) is 0 Å². The number of nitrogens with zero attached hydrogens (tertiary/aromatic N) is 1. The molecule has 0 bridgehead atoms. The standard InChI is InChI=1S/C25H33NO4/c1-2-3-5-12-20(27)14-15-21-22-16-19(11-8-13-25(29)30)26(23(22)17-24(21)28)18-9-6-4-7-10-18/h4,6-7,9-10,14-16,20-21,24,27-28H,2-3,5,8,11-13,17H2,1H3,(H,29,30)/b15-14+/t20-,21+,24+/m0/s1. The molecule has 5 nitrogen and oxygen atoms in total. The molecular formula is C25H33NO4. The highest BCUT2D eigenvalue weighted by Gasteiger charge is 2.34. The normalized spacial score (nSPS) is 19.3. The van der Waals surface area contributed by atoms with Crippen LogP contribution in [-0.4, -0.2) is 38.1 Å². The minimum Gasteiger partial charge on any atom is -0.481 e. The molecule has 1 heterocycles. The van der Waals surface area contributed by atoms with Crippen molar-refractivity contribution in [2.45, 2.75) is 76.4 Å². The quantitative estimate of drug-likeness (QED) is 0.378. The average Bonchev–Trinajstić information content (AvgIpc) is 3.21. The van der Waals surface area contributed by atoms with E-state index < -0.39 is 18.2 Å². The molecule has 0 saturated carbocycles. The van der Waals surface area contributed by atoms with Gasteiger partial charge in [-0.2, -0.15) is 0 Å². The number of rotatable bonds is 11. The smallest absolute Gasteiger partial charge is 0.303 e. The number of unbranched alkanes of at least 4 members (excludes halogenated alkanes) is 2. The van der Waals surface area contributed by atoms with Crippen LogP contribution in [0.3, 0.4) is 0 Å². The Balaban J connectivity index is 1.85. The number of aliphatic hydroxyl groups excluding tert-OH is 2. The molecule has 5 heteroatoms. The van der Waals surface area contributed by atoms with E-state index in [1.54, 1.807) is 0 Å². The molecule has 0 aliphatic heterocycles. The number of carboxylic acid groups (broad SMARTS) is 1. The number of aliphatic carboxylic acids is 1. The Morgan fingerprint density at radius 1 is 1.23 bits per heavy atom. The third kappa shape index (κ3) is 5.41. The van der Waals surface area contributed by atoms with E-state index in [4.69, 9.17) is 5.11 Å². The van der Waals surface area contributed by atoms with E-state index in [2.05, 4.69) is 17.6 Å². The van der Waals surface area contributed by atoms with Crippen LogP contribution in [0.4, 0.5) is 0 Å². The Morgan fingerprint density at radius 2 is 2.00 bits per heavy atom. The molecule has 0 unspecified atom stereocenters. The Hall–Kier alpha value is -2.37. The van der Waals surface area contributed by atoms with Gasteiger partial charge in [-0.05, 0) is 43.0 Å². The highest BCUT2D eigenvalue weighted by atomic mass is 16.4. The molecule has 1 aromatic heterocycles. The van der Waals surface area contributed by atoms with Crippen molar-refractivity contribution in [1.29, 1.82) is 0 Å². The highest BCUT2D eigenvalue weighted by molar-refractivity contribution is 5.66. The van der Waals surface area contributed by atoms with E-state index in [0.717, 1.165) is 48.3 Å². The summed E-state index contributed by atoms with van der Waals surface area (Å²) in [4.78, 5) is 10.9. The molecule has 0 spiro atoms. The SMILES string of the molecule is CCCCC[C@H](O)/C=C/[C@@H]1c2cc(CCCC(=O)O)n(-c3ccccc3)c2C[C@H]1O. The number of aromatic nitrogens is 1. The van der Waals surface area contributed by atoms with Crippen LogP contribution in [0.5, 0.6) is 0 Å². The van der Waals surface area contributed by atoms with Gasteiger partial charge < -0.3 is 19.9 Å². The number of aliphatic hydroxyl groups is 2. The molecule has 162 valence electrons. The predicted octanol–water partition coefficient (Wildman–Crippen LogP) is 4.38. The van der Waals surface area contributed by atoms with Crippen molar-refractivity contribution in [2.75, 3.05) is 0 Å². The van der Waals surface area contributed by atoms with Crippen molar-refractivity contribution in [1.82, 2.24) is 4.57 Å². The molecule has 1 aliphatic rings. The average molecular weight is 412 g/mol. The number of hydrogen-bond donors (Lipinski definition) is 3. The number of carboxylic acids is 1. The lowest BCUT2D eigenvalue weighted by atomic mass is 9.98. The summed E-state index contributed by atoms with van der Waals surface area (Å²) in [5, 5.41) is 30.0. The Kier molecular flexibility index (Phi) is 7.88. The second-order valence-corrected chi connectivity index (χ2v) is 8.20. The maximum absolute atomic E-state index is 10.9. The van der Waals surface area contributed by atoms with Crippen LogP contribution in [0.2, 0.25) is 0 Å². The number of hydrogen-bond acceptors (Lipinski definition) is 3. The Morgan fingerprint density at radius 3 is 2.70 bits per heavy atom. The highest BCUT2D eigenvalue weighted by Crippen LogP contribution is 2.39. The van der Waals surface area contributed by atoms with E-state index in [0.29, 0.717) is 19.3 Å². The van der Waals surface area contributed by atoms with Gasteiger partial charge in [0.1, 0.15) is 0 Å². The van der Waals surface area contributed by atoms with Gasteiger partial charge in [0, 0.05) is 35.8 Å². The van der Waals surface area contributed by atoms with E-state index >= 15 is 0 Å². The lowest BCUT2D eigenvalue weighted by molar-refractivity contribution is -0.137. The summed E-state index contributed by atoms with van der Waals surface area (Å²) in [5.74, 6) is -0.933. The van der Waals surface area contributed by atoms with Gasteiger partial charge in [0.2, 0.25) is 0 Å². The first kappa shape index (κ1) is 22.3. The zero-order valence-corrected chi connectivity index (χ0v) is 17.7. The van der Waals surface area contributed by atoms with Gasteiger partial charge >= 0.3 is 5.97 Å². The molecule has 3 N–H and O–H groups in total. The summed E-state index contributed by atoms with van der Waals surface area (Å²) < 4.78 is 2.17. The Bertz CT molecular complexity index is 856. The fourth-order valence-electron chi connectivity index (χ4n) is 4.34. The fraction of sp³-hybridized carbons (Fsp3) is 0.480. The number of aryl methyl sites for hydroxylation is 1. The van der Waals surface area contributed by atoms with Crippen LogP contribution in [0.15, 0.2) is 48.6 Å². The molecule has 0 amide bonds. The topological polar surface area (TPSA) is 82.7 Å². The number of benzene rings is 1. The largest absolute Gasteiger partial charge is 0.481 e. The number of para-hydroxylation sites is 1. The van der Waals surface area contributed by atoms with Crippen molar-refractivity contribution >= 4 is 5.97 Å². The second kappa shape index (κ2) is 10.6. The van der Waals surface area contributed by atoms with Crippen LogP contribution < -0.4 is 0 Å². The van der Waals surface area contributed by atoms with Crippen LogP contribution >= 0.6 is 0 Å². The molecule has 1 aliphatic carbocycles. The molecule has 30 heavy (non-hydrogen) atoms. The van der Waals surface area contributed by atoms with Gasteiger partial charge in [-0.15, -0.1) is 0 Å². The minimum absolute atomic E-state index is 0.139. The minimum atomic E-state index is -0.784. The molecular weight excluding hydrogens is 378 g/mol. The van der Waals surface area contributed by atoms with Crippen molar-refractivity contribution < 1.29 is 20.1 Å². The lowest BCUT2D eigenvalue weighted by Gasteiger charge is -2.14. The first-order valence-electron chi connectivity index (χ1n) is 11.1. The molecule has 1 aromatic carbocycles. The zero-order valence-electron chi connectivity index (χ0n) is 17.7. The predicted molar refractivity (Wildman–Crippen MR) is 118 cm³/mol. The summed E-state index contributed by atoms with van der Waals surface area (Å²) in [5.41, 5.74) is 4.25. The third-order valence-corrected chi connectivity index (χ3v) is 5.87. The van der Waals surface area contributed by atoms with E-state index in [-0.39, 0.29) is 12.3 Å². The zero-order chi connectivity index (χ0) is 21.5. The summed E-state index contributed by atoms with van der Waals surface area (Å²) in [6.45, 7) is 2.14. The van der Waals surface area contributed by atoms with Crippen LogP contribution in [0.1, 0.15) is 68.3 Å². The number of fused-ring (bicyclic) bond motifs is 1. The lowest BCUT2D eigenvalue weighted by Crippen LogP contribution is -2.14. The fourth-order valence-corrected chi connectivity index (χ4v) is 4.34. The summed E-state index contributed by atoms with van der Waals surface area (Å²) in [6.07, 6.45) is 8.67. The van der Waals surface area contributed by atoms with Gasteiger partial charge in [0.15, 0.2) is 0 Å². The van der Waals surface area contributed by atoms with Crippen molar-refractivity contribution in [2.24, 2.45) is 0 Å². The Labute approximate surface area is 178 Å². The van der Waals surface area contributed by atoms with Crippen molar-refractivity contribution in [3.05, 3.63) is 65.5 Å². The van der Waals surface area contributed by atoms with Crippen LogP contribution in [-0.2, 0) is 17.6 Å². The first-order chi connectivity index (χ1) is 14.5. The van der Waals surface area contributed by atoms with Gasteiger partial charge in [-0.1, -0.05) is 56.5 Å². The summed E-state index contributed by atoms with van der Waals surface area (Å²) in [7, 11) is 0. The van der Waals surface area contributed by atoms with Crippen LogP contribution in [0, 0.1) is 0 Å². The van der Waals surface area contributed by atoms with E-state index in [9.17, 15) is 15.0 Å². The molecule has 2 aromatic rings. The molecule has 0 saturated heterocycles. The van der Waals surface area contributed by atoms with Gasteiger partial charge in [-0.25, -0.2) is 0 Å². The van der Waals surface area contributed by atoms with E-state index in [1.165, 1.54) is 0 Å². The summed E-state index contributed by atoms with van der Waals surface area (Å²) >= 11 is 0. The van der Waals surface area contributed by atoms with E-state index in [1.807, 2.05) is 42.5 Å². The molecule has 3 rings (SSSR count). The second-order valence-electron chi connectivity index (χ2n) is 8.20. The molecule has 3 atom stereocenters. The molecule has 0 radical (unpaired) electrons. The first-order valence-corrected chi connectivity index (χ1v) is 11.1. The third-order valence-electron chi connectivity index (χ3n) is 5.87. The molecule has 0 fully saturated rings. The van der Waals surface area contributed by atoms with Gasteiger partial charge in [-0.3, -0.25) is 4.79 Å². The maximum atomic E-state index is 10.9. The number of carbonyl (C=O) groups is 1. The van der Waals surface area contributed by atoms with Gasteiger partial charge in [0.05, 0.1) is 12.2 Å². The van der Waals surface area contributed by atoms with Crippen LogP contribution in [0.25, 0.3) is 5.69 Å². The maximum Gasteiger partial charge on any atom is 0.303 e. The van der Waals surface area contributed by atoms with Crippen molar-refractivity contribution in [3.8, 4) is 5.69 Å². The summed E-state index contributed by atoms with van der Waals surface area (Å²) in [6, 6.07) is 12.1. The monoisotopic (exact) mass is 411 g/mol. The van der Waals surface area contributed by atoms with Crippen molar-refractivity contribution in [3.63, 3.8) is 0 Å².